The number of alkyl halides is 3. The summed E-state index contributed by atoms with van der Waals surface area (Å²) in [7, 11) is -3.07. The summed E-state index contributed by atoms with van der Waals surface area (Å²) < 4.78 is 71.7. The van der Waals surface area contributed by atoms with Crippen molar-refractivity contribution in [3.05, 3.63) is 42.1 Å². The third kappa shape index (κ3) is 3.72. The van der Waals surface area contributed by atoms with Crippen LogP contribution in [0.1, 0.15) is 10.4 Å². The van der Waals surface area contributed by atoms with E-state index >= 15 is 0 Å². The lowest BCUT2D eigenvalue weighted by molar-refractivity contribution is -0.0438. The molecule has 140 valence electrons. The number of carbonyl (C=O) groups excluding carboxylic acids is 1. The second-order valence-corrected chi connectivity index (χ2v) is 6.68. The van der Waals surface area contributed by atoms with E-state index in [0.717, 1.165) is 18.3 Å². The highest BCUT2D eigenvalue weighted by Crippen LogP contribution is 2.32. The summed E-state index contributed by atoms with van der Waals surface area (Å²) in [5.74, 6) is -0.507. The lowest BCUT2D eigenvalue weighted by atomic mass is 10.2. The van der Waals surface area contributed by atoms with E-state index in [0.29, 0.717) is 5.75 Å². The molecule has 26 heavy (non-hydrogen) atoms. The van der Waals surface area contributed by atoms with Gasteiger partial charge in [0.2, 0.25) is 0 Å². The number of hydrogen-bond donors (Lipinski definition) is 1. The van der Waals surface area contributed by atoms with Crippen molar-refractivity contribution in [1.29, 1.82) is 0 Å². The summed E-state index contributed by atoms with van der Waals surface area (Å²) in [4.78, 5) is 15.6. The van der Waals surface area contributed by atoms with Gasteiger partial charge in [-0.3, -0.25) is 4.79 Å². The molecule has 0 saturated carbocycles. The highest BCUT2D eigenvalue weighted by atomic mass is 32.2. The van der Waals surface area contributed by atoms with Crippen molar-refractivity contribution in [2.75, 3.05) is 19.5 Å². The standard InChI is InChI=1S/C15H13F3N2O5S/c1-24-9-5-6-11(12(8-9)25-2)20-13(21)10-4-3-7-19-14(10)26(22,23)15(16,17)18/h3-8H,1-2H3,(H,20,21). The summed E-state index contributed by atoms with van der Waals surface area (Å²) >= 11 is 0. The Morgan fingerprint density at radius 2 is 1.85 bits per heavy atom. The fraction of sp³-hybridized carbons (Fsp3) is 0.200. The summed E-state index contributed by atoms with van der Waals surface area (Å²) in [5.41, 5.74) is -6.23. The molecule has 1 heterocycles. The van der Waals surface area contributed by atoms with Crippen molar-refractivity contribution in [3.8, 4) is 11.5 Å². The summed E-state index contributed by atoms with van der Waals surface area (Å²) in [6.07, 6.45) is 0.851. The molecular weight excluding hydrogens is 377 g/mol. The highest BCUT2D eigenvalue weighted by molar-refractivity contribution is 7.92. The van der Waals surface area contributed by atoms with Crippen molar-refractivity contribution in [3.63, 3.8) is 0 Å². The van der Waals surface area contributed by atoms with Crippen LogP contribution in [0.2, 0.25) is 0 Å². The number of ether oxygens (including phenoxy) is 2. The topological polar surface area (TPSA) is 94.6 Å². The largest absolute Gasteiger partial charge is 0.503 e. The maximum atomic E-state index is 12.8. The van der Waals surface area contributed by atoms with Gasteiger partial charge in [0.1, 0.15) is 11.5 Å². The zero-order valence-corrected chi connectivity index (χ0v) is 14.3. The third-order valence-electron chi connectivity index (χ3n) is 3.23. The number of benzene rings is 1. The minimum absolute atomic E-state index is 0.109. The Balaban J connectivity index is 2.44. The number of amides is 1. The van der Waals surface area contributed by atoms with Crippen LogP contribution in [-0.4, -0.2) is 39.0 Å². The van der Waals surface area contributed by atoms with Gasteiger partial charge < -0.3 is 14.8 Å². The number of nitrogens with one attached hydrogen (secondary N) is 1. The molecule has 7 nitrogen and oxygen atoms in total. The number of hydrogen-bond acceptors (Lipinski definition) is 6. The van der Waals surface area contributed by atoms with Gasteiger partial charge in [0.05, 0.1) is 25.5 Å². The van der Waals surface area contributed by atoms with Crippen LogP contribution in [0.25, 0.3) is 0 Å². The van der Waals surface area contributed by atoms with Crippen LogP contribution in [0, 0.1) is 0 Å². The minimum Gasteiger partial charge on any atom is -0.497 e. The Kier molecular flexibility index (Phi) is 5.40. The van der Waals surface area contributed by atoms with E-state index < -0.39 is 31.8 Å². The van der Waals surface area contributed by atoms with Crippen LogP contribution in [0.4, 0.5) is 18.9 Å². The van der Waals surface area contributed by atoms with Gasteiger partial charge in [0.25, 0.3) is 15.7 Å². The van der Waals surface area contributed by atoms with E-state index in [1.165, 1.54) is 32.4 Å². The van der Waals surface area contributed by atoms with Crippen LogP contribution in [0.3, 0.4) is 0 Å². The van der Waals surface area contributed by atoms with Crippen molar-refractivity contribution >= 4 is 21.4 Å². The molecule has 0 radical (unpaired) electrons. The van der Waals surface area contributed by atoms with Gasteiger partial charge in [-0.25, -0.2) is 13.4 Å². The smallest absolute Gasteiger partial charge is 0.497 e. The van der Waals surface area contributed by atoms with E-state index in [-0.39, 0.29) is 11.4 Å². The van der Waals surface area contributed by atoms with Gasteiger partial charge in [-0.15, -0.1) is 0 Å². The first-order valence-electron chi connectivity index (χ1n) is 6.91. The third-order valence-corrected chi connectivity index (χ3v) is 4.68. The molecule has 0 spiro atoms. The molecular formula is C15H13F3N2O5S. The minimum atomic E-state index is -5.79. The van der Waals surface area contributed by atoms with E-state index in [4.69, 9.17) is 9.47 Å². The Labute approximate surface area is 146 Å². The van der Waals surface area contributed by atoms with Gasteiger partial charge in [0, 0.05) is 12.3 Å². The molecule has 0 atom stereocenters. The number of nitrogens with zero attached hydrogens (tertiary/aromatic N) is 1. The molecule has 1 amide bonds. The highest BCUT2D eigenvalue weighted by Gasteiger charge is 2.49. The van der Waals surface area contributed by atoms with E-state index in [1.54, 1.807) is 0 Å². The molecule has 0 aliphatic heterocycles. The molecule has 0 unspecified atom stereocenters. The van der Waals surface area contributed by atoms with Gasteiger partial charge >= 0.3 is 5.51 Å². The fourth-order valence-electron chi connectivity index (χ4n) is 1.98. The van der Waals surface area contributed by atoms with Crippen LogP contribution in [0.15, 0.2) is 41.6 Å². The SMILES string of the molecule is COc1ccc(NC(=O)c2cccnc2S(=O)(=O)C(F)(F)F)c(OC)c1. The summed E-state index contributed by atoms with van der Waals surface area (Å²) in [6, 6.07) is 6.39. The zero-order valence-electron chi connectivity index (χ0n) is 13.5. The van der Waals surface area contributed by atoms with Crippen molar-refractivity contribution < 1.29 is 35.9 Å². The van der Waals surface area contributed by atoms with E-state index in [1.807, 2.05) is 0 Å². The maximum absolute atomic E-state index is 12.8. The van der Waals surface area contributed by atoms with Crippen LogP contribution in [-0.2, 0) is 9.84 Å². The monoisotopic (exact) mass is 390 g/mol. The number of halogens is 3. The first-order valence-corrected chi connectivity index (χ1v) is 8.40. The Hall–Kier alpha value is -2.82. The molecule has 0 bridgehead atoms. The molecule has 0 aliphatic carbocycles. The zero-order chi connectivity index (χ0) is 19.5. The van der Waals surface area contributed by atoms with Crippen molar-refractivity contribution in [2.24, 2.45) is 0 Å². The Morgan fingerprint density at radius 3 is 2.42 bits per heavy atom. The molecule has 1 aromatic carbocycles. The van der Waals surface area contributed by atoms with Gasteiger partial charge in [-0.2, -0.15) is 13.2 Å². The second-order valence-electron chi connectivity index (χ2n) is 4.83. The normalized spacial score (nSPS) is 11.7. The molecule has 11 heteroatoms. The summed E-state index contributed by atoms with van der Waals surface area (Å²) in [5, 5.41) is 0.924. The molecule has 0 saturated heterocycles. The number of carbonyl (C=O) groups is 1. The first-order chi connectivity index (χ1) is 12.1. The molecule has 0 aliphatic rings. The number of rotatable bonds is 5. The number of sulfone groups is 1. The quantitative estimate of drug-likeness (QED) is 0.844. The lowest BCUT2D eigenvalue weighted by Crippen LogP contribution is -2.27. The molecule has 1 N–H and O–H groups in total. The fourth-order valence-corrected chi connectivity index (χ4v) is 2.85. The number of anilines is 1. The van der Waals surface area contributed by atoms with Crippen LogP contribution >= 0.6 is 0 Å². The van der Waals surface area contributed by atoms with E-state index in [9.17, 15) is 26.4 Å². The molecule has 2 rings (SSSR count). The van der Waals surface area contributed by atoms with Crippen LogP contribution < -0.4 is 14.8 Å². The van der Waals surface area contributed by atoms with Crippen LogP contribution in [0.5, 0.6) is 11.5 Å². The molecule has 0 fully saturated rings. The average Bonchev–Trinajstić information content (AvgIpc) is 2.61. The van der Waals surface area contributed by atoms with Gasteiger partial charge in [-0.05, 0) is 24.3 Å². The average molecular weight is 390 g/mol. The number of pyridine rings is 1. The first kappa shape index (κ1) is 19.5. The molecule has 1 aromatic heterocycles. The second kappa shape index (κ2) is 7.20. The van der Waals surface area contributed by atoms with E-state index in [2.05, 4.69) is 10.3 Å². The lowest BCUT2D eigenvalue weighted by Gasteiger charge is -2.14. The van der Waals surface area contributed by atoms with Crippen molar-refractivity contribution in [1.82, 2.24) is 4.98 Å². The predicted molar refractivity (Wildman–Crippen MR) is 85.0 cm³/mol. The number of aromatic nitrogens is 1. The maximum Gasteiger partial charge on any atom is 0.503 e. The van der Waals surface area contributed by atoms with Gasteiger partial charge in [0.15, 0.2) is 5.03 Å². The molecule has 2 aromatic rings. The Bertz CT molecular complexity index is 929. The number of methoxy groups -OCH3 is 2. The van der Waals surface area contributed by atoms with Crippen molar-refractivity contribution in [2.45, 2.75) is 10.5 Å². The summed E-state index contributed by atoms with van der Waals surface area (Å²) in [6.45, 7) is 0. The predicted octanol–water partition coefficient (Wildman–Crippen LogP) is 2.64. The Morgan fingerprint density at radius 1 is 1.15 bits per heavy atom. The van der Waals surface area contributed by atoms with Gasteiger partial charge in [-0.1, -0.05) is 0 Å².